The first-order valence-electron chi connectivity index (χ1n) is 11.0. The molecule has 2 atom stereocenters. The van der Waals surface area contributed by atoms with Gasteiger partial charge in [0.2, 0.25) is 0 Å². The molecule has 0 spiro atoms. The van der Waals surface area contributed by atoms with E-state index < -0.39 is 0 Å². The average Bonchev–Trinajstić information content (AvgIpc) is 2.83. The van der Waals surface area contributed by atoms with E-state index in [1.54, 1.807) is 0 Å². The van der Waals surface area contributed by atoms with E-state index in [0.717, 1.165) is 34.1 Å². The van der Waals surface area contributed by atoms with Crippen LogP contribution in [-0.4, -0.2) is 18.6 Å². The number of carbonyl (C=O) groups excluding carboxylic acids is 1. The summed E-state index contributed by atoms with van der Waals surface area (Å²) in [7, 11) is 0. The average molecular weight is 423 g/mol. The predicted octanol–water partition coefficient (Wildman–Crippen LogP) is 6.20. The summed E-state index contributed by atoms with van der Waals surface area (Å²) in [5, 5.41) is 5.89. The summed E-state index contributed by atoms with van der Waals surface area (Å²) >= 11 is 0. The number of nitrogens with one attached hydrogen (secondary N) is 1. The number of rotatable bonds is 5. The molecule has 0 aromatic heterocycles. The minimum atomic E-state index is -0.0312. The number of nitrogens with zero attached hydrogens (tertiary/aromatic N) is 1. The molecule has 0 radical (unpaired) electrons. The second kappa shape index (κ2) is 8.75. The van der Waals surface area contributed by atoms with Gasteiger partial charge in [0.05, 0.1) is 6.04 Å². The Morgan fingerprint density at radius 1 is 0.906 bits per heavy atom. The third-order valence-corrected chi connectivity index (χ3v) is 6.06. The maximum absolute atomic E-state index is 13.3. The molecule has 0 bridgehead atoms. The van der Waals surface area contributed by atoms with Gasteiger partial charge >= 0.3 is 0 Å². The van der Waals surface area contributed by atoms with Gasteiger partial charge in [-0.25, -0.2) is 0 Å². The second-order valence-corrected chi connectivity index (χ2v) is 8.27. The molecule has 4 heteroatoms. The van der Waals surface area contributed by atoms with Crippen LogP contribution in [0.15, 0.2) is 97.1 Å². The monoisotopic (exact) mass is 422 g/mol. The van der Waals surface area contributed by atoms with Crippen molar-refractivity contribution in [2.45, 2.75) is 25.4 Å². The highest BCUT2D eigenvalue weighted by molar-refractivity contribution is 5.96. The molecule has 1 heterocycles. The standard InChI is InChI=1S/C28H26N2O2/c1-20-17-26(29-23-11-3-2-4-12-23)25-13-7-8-14-27(25)30(20)28(31)19-32-24-16-15-21-9-5-6-10-22(21)18-24/h2-16,18,20,26,29H,17,19H2,1H3/t20-,26-/m0/s1. The van der Waals surface area contributed by atoms with Crippen molar-refractivity contribution < 1.29 is 9.53 Å². The molecule has 0 saturated carbocycles. The second-order valence-electron chi connectivity index (χ2n) is 8.27. The molecule has 5 rings (SSSR count). The van der Waals surface area contributed by atoms with Gasteiger partial charge in [0.1, 0.15) is 5.75 Å². The third-order valence-electron chi connectivity index (χ3n) is 6.06. The lowest BCUT2D eigenvalue weighted by Crippen LogP contribution is -2.46. The molecule has 4 aromatic carbocycles. The number of ether oxygens (including phenoxy) is 1. The van der Waals surface area contributed by atoms with Crippen LogP contribution in [0.3, 0.4) is 0 Å². The Morgan fingerprint density at radius 3 is 2.47 bits per heavy atom. The molecular weight excluding hydrogens is 396 g/mol. The fourth-order valence-corrected chi connectivity index (χ4v) is 4.54. The number of para-hydroxylation sites is 2. The number of hydrogen-bond donors (Lipinski definition) is 1. The van der Waals surface area contributed by atoms with Crippen molar-refractivity contribution in [2.24, 2.45) is 0 Å². The highest BCUT2D eigenvalue weighted by Crippen LogP contribution is 2.39. The summed E-state index contributed by atoms with van der Waals surface area (Å²) in [5.74, 6) is 0.676. The quantitative estimate of drug-likeness (QED) is 0.416. The van der Waals surface area contributed by atoms with E-state index in [1.807, 2.05) is 77.7 Å². The Morgan fingerprint density at radius 2 is 1.62 bits per heavy atom. The molecule has 1 N–H and O–H groups in total. The number of amides is 1. The van der Waals surface area contributed by atoms with Crippen molar-refractivity contribution in [2.75, 3.05) is 16.8 Å². The van der Waals surface area contributed by atoms with E-state index in [1.165, 1.54) is 0 Å². The molecule has 0 fully saturated rings. The van der Waals surface area contributed by atoms with Crippen LogP contribution in [0.4, 0.5) is 11.4 Å². The van der Waals surface area contributed by atoms with Crippen molar-refractivity contribution in [3.63, 3.8) is 0 Å². The van der Waals surface area contributed by atoms with Crippen molar-refractivity contribution in [3.8, 4) is 5.75 Å². The van der Waals surface area contributed by atoms with Gasteiger partial charge in [0.15, 0.2) is 6.61 Å². The van der Waals surface area contributed by atoms with Gasteiger partial charge in [-0.15, -0.1) is 0 Å². The summed E-state index contributed by atoms with van der Waals surface area (Å²) < 4.78 is 5.91. The maximum atomic E-state index is 13.3. The molecule has 0 aliphatic carbocycles. The summed E-state index contributed by atoms with van der Waals surface area (Å²) in [5.41, 5.74) is 3.17. The fraction of sp³-hybridized carbons (Fsp3) is 0.179. The van der Waals surface area contributed by atoms with E-state index in [2.05, 4.69) is 36.5 Å². The Balaban J connectivity index is 1.34. The van der Waals surface area contributed by atoms with Gasteiger partial charge in [-0.3, -0.25) is 4.79 Å². The first-order valence-corrected chi connectivity index (χ1v) is 11.0. The van der Waals surface area contributed by atoms with Crippen molar-refractivity contribution in [1.29, 1.82) is 0 Å². The van der Waals surface area contributed by atoms with Crippen LogP contribution in [0.25, 0.3) is 10.8 Å². The summed E-state index contributed by atoms with van der Waals surface area (Å²) in [6, 6.07) is 32.6. The number of carbonyl (C=O) groups is 1. The molecule has 4 nitrogen and oxygen atoms in total. The van der Waals surface area contributed by atoms with Gasteiger partial charge in [0.25, 0.3) is 5.91 Å². The summed E-state index contributed by atoms with van der Waals surface area (Å²) in [4.78, 5) is 15.1. The van der Waals surface area contributed by atoms with Crippen LogP contribution in [0.5, 0.6) is 5.75 Å². The molecule has 0 saturated heterocycles. The smallest absolute Gasteiger partial charge is 0.265 e. The van der Waals surface area contributed by atoms with E-state index in [-0.39, 0.29) is 24.6 Å². The lowest BCUT2D eigenvalue weighted by atomic mass is 9.91. The van der Waals surface area contributed by atoms with Gasteiger partial charge < -0.3 is 15.0 Å². The van der Waals surface area contributed by atoms with Crippen LogP contribution in [0, 0.1) is 0 Å². The number of fused-ring (bicyclic) bond motifs is 2. The Hall–Kier alpha value is -3.79. The SMILES string of the molecule is C[C@H]1C[C@H](Nc2ccccc2)c2ccccc2N1C(=O)COc1ccc2ccccc2c1. The summed E-state index contributed by atoms with van der Waals surface area (Å²) in [6.45, 7) is 2.11. The number of hydrogen-bond acceptors (Lipinski definition) is 3. The Kier molecular flexibility index (Phi) is 5.51. The zero-order valence-corrected chi connectivity index (χ0v) is 18.1. The predicted molar refractivity (Wildman–Crippen MR) is 130 cm³/mol. The van der Waals surface area contributed by atoms with Crippen LogP contribution < -0.4 is 15.0 Å². The van der Waals surface area contributed by atoms with Crippen molar-refractivity contribution in [1.82, 2.24) is 0 Å². The molecule has 4 aromatic rings. The Bertz CT molecular complexity index is 1240. The van der Waals surface area contributed by atoms with E-state index >= 15 is 0 Å². The highest BCUT2D eigenvalue weighted by Gasteiger charge is 2.33. The van der Waals surface area contributed by atoms with Gasteiger partial charge in [-0.05, 0) is 60.0 Å². The van der Waals surface area contributed by atoms with E-state index in [0.29, 0.717) is 5.75 Å². The zero-order valence-electron chi connectivity index (χ0n) is 18.1. The largest absolute Gasteiger partial charge is 0.484 e. The molecule has 32 heavy (non-hydrogen) atoms. The topological polar surface area (TPSA) is 41.6 Å². The molecule has 0 unspecified atom stereocenters. The molecular formula is C28H26N2O2. The van der Waals surface area contributed by atoms with Gasteiger partial charge in [-0.2, -0.15) is 0 Å². The number of anilines is 2. The zero-order chi connectivity index (χ0) is 21.9. The highest BCUT2D eigenvalue weighted by atomic mass is 16.5. The number of benzene rings is 4. The Labute approximate surface area is 188 Å². The van der Waals surface area contributed by atoms with Gasteiger partial charge in [-0.1, -0.05) is 66.7 Å². The van der Waals surface area contributed by atoms with Crippen molar-refractivity contribution in [3.05, 3.63) is 103 Å². The molecule has 1 aliphatic heterocycles. The molecule has 1 amide bonds. The minimum Gasteiger partial charge on any atom is -0.484 e. The lowest BCUT2D eigenvalue weighted by molar-refractivity contribution is -0.121. The lowest BCUT2D eigenvalue weighted by Gasteiger charge is -2.40. The third kappa shape index (κ3) is 4.04. The van der Waals surface area contributed by atoms with E-state index in [9.17, 15) is 4.79 Å². The van der Waals surface area contributed by atoms with Crippen LogP contribution in [0.2, 0.25) is 0 Å². The van der Waals surface area contributed by atoms with Crippen LogP contribution >= 0.6 is 0 Å². The first kappa shape index (κ1) is 20.1. The maximum Gasteiger partial charge on any atom is 0.265 e. The summed E-state index contributed by atoms with van der Waals surface area (Å²) in [6.07, 6.45) is 0.827. The minimum absolute atomic E-state index is 0.00773. The van der Waals surface area contributed by atoms with Crippen LogP contribution in [-0.2, 0) is 4.79 Å². The fourth-order valence-electron chi connectivity index (χ4n) is 4.54. The molecule has 1 aliphatic rings. The van der Waals surface area contributed by atoms with Crippen molar-refractivity contribution >= 4 is 28.1 Å². The van der Waals surface area contributed by atoms with Crippen LogP contribution in [0.1, 0.15) is 24.9 Å². The van der Waals surface area contributed by atoms with E-state index in [4.69, 9.17) is 4.74 Å². The van der Waals surface area contributed by atoms with Gasteiger partial charge in [0, 0.05) is 17.4 Å². The molecule has 160 valence electrons. The first-order chi connectivity index (χ1) is 15.7. The normalized spacial score (nSPS) is 17.6.